The van der Waals surface area contributed by atoms with E-state index in [1.165, 1.54) is 30.4 Å². The average molecular weight is 320 g/mol. The van der Waals surface area contributed by atoms with Gasteiger partial charge in [-0.3, -0.25) is 0 Å². The molecule has 2 heterocycles. The molecule has 0 unspecified atom stereocenters. The standard InChI is InChI=1S/C15H16N2O2S2/c1-8-12(15(18)19-2)14(20)17-13(16-8)11-7-9-5-3-4-6-10(9)21-11/h7H,3-6H2,1-2H3,(H,16,17,20). The van der Waals surface area contributed by atoms with E-state index < -0.39 is 5.97 Å². The highest BCUT2D eigenvalue weighted by atomic mass is 32.1. The van der Waals surface area contributed by atoms with Crippen LogP contribution in [0.15, 0.2) is 6.07 Å². The molecule has 4 nitrogen and oxygen atoms in total. The number of aryl methyl sites for hydroxylation is 3. The third kappa shape index (κ3) is 2.65. The molecule has 0 radical (unpaired) electrons. The molecule has 2 aromatic heterocycles. The first kappa shape index (κ1) is 14.4. The molecule has 0 aliphatic heterocycles. The van der Waals surface area contributed by atoms with E-state index in [0.29, 0.717) is 15.9 Å². The Kier molecular flexibility index (Phi) is 3.91. The third-order valence-corrected chi connectivity index (χ3v) is 5.27. The Balaban J connectivity index is 2.06. The zero-order chi connectivity index (χ0) is 15.0. The molecule has 0 spiro atoms. The quantitative estimate of drug-likeness (QED) is 0.675. The average Bonchev–Trinajstić information content (AvgIpc) is 2.90. The van der Waals surface area contributed by atoms with Gasteiger partial charge < -0.3 is 9.72 Å². The lowest BCUT2D eigenvalue weighted by atomic mass is 9.99. The summed E-state index contributed by atoms with van der Waals surface area (Å²) in [6, 6.07) is 2.20. The first-order valence-electron chi connectivity index (χ1n) is 6.91. The summed E-state index contributed by atoms with van der Waals surface area (Å²) in [4.78, 5) is 21.8. The van der Waals surface area contributed by atoms with E-state index in [2.05, 4.69) is 16.0 Å². The van der Waals surface area contributed by atoms with Gasteiger partial charge in [0.25, 0.3) is 0 Å². The van der Waals surface area contributed by atoms with Crippen LogP contribution in [0.25, 0.3) is 10.7 Å². The molecule has 1 aliphatic rings. The van der Waals surface area contributed by atoms with E-state index in [9.17, 15) is 4.79 Å². The van der Waals surface area contributed by atoms with Gasteiger partial charge in [0.15, 0.2) is 0 Å². The molecule has 6 heteroatoms. The summed E-state index contributed by atoms with van der Waals surface area (Å²) >= 11 is 7.02. The molecule has 0 amide bonds. The topological polar surface area (TPSA) is 55.0 Å². The number of hydrogen-bond acceptors (Lipinski definition) is 5. The lowest BCUT2D eigenvalue weighted by Crippen LogP contribution is -2.08. The van der Waals surface area contributed by atoms with Crippen molar-refractivity contribution < 1.29 is 9.53 Å². The van der Waals surface area contributed by atoms with Gasteiger partial charge >= 0.3 is 5.97 Å². The van der Waals surface area contributed by atoms with Crippen molar-refractivity contribution in [3.63, 3.8) is 0 Å². The second-order valence-corrected chi connectivity index (χ2v) is 6.67. The normalized spacial score (nSPS) is 13.8. The lowest BCUT2D eigenvalue weighted by molar-refractivity contribution is 0.0598. The zero-order valence-electron chi connectivity index (χ0n) is 12.0. The molecule has 0 saturated carbocycles. The van der Waals surface area contributed by atoms with Crippen LogP contribution in [-0.2, 0) is 17.6 Å². The minimum Gasteiger partial charge on any atom is -0.465 e. The fourth-order valence-electron chi connectivity index (χ4n) is 2.65. The van der Waals surface area contributed by atoms with Crippen LogP contribution in [-0.4, -0.2) is 23.0 Å². The molecule has 0 atom stereocenters. The van der Waals surface area contributed by atoms with E-state index in [0.717, 1.165) is 23.5 Å². The maximum Gasteiger partial charge on any atom is 0.342 e. The van der Waals surface area contributed by atoms with E-state index in [1.54, 1.807) is 11.3 Å². The number of thiophene rings is 1. The highest BCUT2D eigenvalue weighted by Gasteiger charge is 2.18. The first-order chi connectivity index (χ1) is 10.1. The molecule has 2 aromatic rings. The van der Waals surface area contributed by atoms with Gasteiger partial charge in [-0.25, -0.2) is 9.78 Å². The second-order valence-electron chi connectivity index (χ2n) is 5.15. The maximum absolute atomic E-state index is 11.7. The number of nitrogens with zero attached hydrogens (tertiary/aromatic N) is 1. The van der Waals surface area contributed by atoms with Crippen molar-refractivity contribution in [2.45, 2.75) is 32.6 Å². The minimum atomic E-state index is -0.446. The Morgan fingerprint density at radius 3 is 2.86 bits per heavy atom. The number of fused-ring (bicyclic) bond motifs is 1. The summed E-state index contributed by atoms with van der Waals surface area (Å²) in [5, 5.41) is 0. The van der Waals surface area contributed by atoms with E-state index in [-0.39, 0.29) is 0 Å². The van der Waals surface area contributed by atoms with Crippen LogP contribution in [0, 0.1) is 11.6 Å². The van der Waals surface area contributed by atoms with Crippen molar-refractivity contribution in [3.05, 3.63) is 32.4 Å². The summed E-state index contributed by atoms with van der Waals surface area (Å²) in [7, 11) is 1.35. The largest absolute Gasteiger partial charge is 0.465 e. The predicted octanol–water partition coefficient (Wildman–Crippen LogP) is 3.84. The number of hydrogen-bond donors (Lipinski definition) is 1. The molecule has 0 aromatic carbocycles. The van der Waals surface area contributed by atoms with Crippen LogP contribution in [0.2, 0.25) is 0 Å². The summed E-state index contributed by atoms with van der Waals surface area (Å²) in [6.07, 6.45) is 4.81. The number of aromatic amines is 1. The Morgan fingerprint density at radius 2 is 2.19 bits per heavy atom. The van der Waals surface area contributed by atoms with Crippen molar-refractivity contribution in [3.8, 4) is 10.7 Å². The van der Waals surface area contributed by atoms with Gasteiger partial charge in [0, 0.05) is 10.6 Å². The summed E-state index contributed by atoms with van der Waals surface area (Å²) < 4.78 is 5.04. The van der Waals surface area contributed by atoms with Gasteiger partial charge in [0.2, 0.25) is 0 Å². The predicted molar refractivity (Wildman–Crippen MR) is 85.5 cm³/mol. The number of esters is 1. The van der Waals surface area contributed by atoms with Gasteiger partial charge in [-0.2, -0.15) is 0 Å². The first-order valence-corrected chi connectivity index (χ1v) is 8.14. The van der Waals surface area contributed by atoms with Crippen molar-refractivity contribution in [2.75, 3.05) is 7.11 Å². The number of rotatable bonds is 2. The molecular weight excluding hydrogens is 304 g/mol. The van der Waals surface area contributed by atoms with Crippen molar-refractivity contribution >= 4 is 29.5 Å². The highest BCUT2D eigenvalue weighted by Crippen LogP contribution is 2.34. The summed E-state index contributed by atoms with van der Waals surface area (Å²) in [6.45, 7) is 1.82. The highest BCUT2D eigenvalue weighted by molar-refractivity contribution is 7.71. The molecule has 1 N–H and O–H groups in total. The molecule has 0 bridgehead atoms. The smallest absolute Gasteiger partial charge is 0.342 e. The molecule has 0 fully saturated rings. The van der Waals surface area contributed by atoms with Gasteiger partial charge in [-0.05, 0) is 44.2 Å². The van der Waals surface area contributed by atoms with Crippen molar-refractivity contribution in [1.82, 2.24) is 9.97 Å². The molecule has 0 saturated heterocycles. The molecule has 3 rings (SSSR count). The van der Waals surface area contributed by atoms with Gasteiger partial charge in [0.05, 0.1) is 12.0 Å². The second kappa shape index (κ2) is 5.69. The number of carbonyl (C=O) groups excluding carboxylic acids is 1. The van der Waals surface area contributed by atoms with Gasteiger partial charge in [0.1, 0.15) is 16.0 Å². The number of methoxy groups -OCH3 is 1. The number of aromatic nitrogens is 2. The fraction of sp³-hybridized carbons (Fsp3) is 0.400. The van der Waals surface area contributed by atoms with Crippen LogP contribution >= 0.6 is 23.6 Å². The summed E-state index contributed by atoms with van der Waals surface area (Å²) in [5.74, 6) is 0.294. The Labute approximate surface area is 132 Å². The van der Waals surface area contributed by atoms with E-state index in [4.69, 9.17) is 17.0 Å². The molecule has 1 aliphatic carbocycles. The SMILES string of the molecule is COC(=O)c1c(C)[nH]c(-c2cc3c(s2)CCCC3)nc1=S. The Morgan fingerprint density at radius 1 is 1.43 bits per heavy atom. The number of ether oxygens (including phenoxy) is 1. The number of carbonyl (C=O) groups is 1. The van der Waals surface area contributed by atoms with Crippen LogP contribution in [0.4, 0.5) is 0 Å². The van der Waals surface area contributed by atoms with Gasteiger partial charge in [-0.1, -0.05) is 12.2 Å². The Hall–Kier alpha value is -1.53. The fourth-order valence-corrected chi connectivity index (χ4v) is 4.18. The molecule has 110 valence electrons. The molecular formula is C15H16N2O2S2. The minimum absolute atomic E-state index is 0.291. The van der Waals surface area contributed by atoms with Crippen molar-refractivity contribution in [2.24, 2.45) is 0 Å². The monoisotopic (exact) mass is 320 g/mol. The lowest BCUT2D eigenvalue weighted by Gasteiger charge is -2.08. The Bertz CT molecular complexity index is 738. The number of nitrogens with one attached hydrogen (secondary N) is 1. The van der Waals surface area contributed by atoms with Gasteiger partial charge in [-0.15, -0.1) is 11.3 Å². The van der Waals surface area contributed by atoms with Crippen molar-refractivity contribution in [1.29, 1.82) is 0 Å². The number of H-pyrrole nitrogens is 1. The van der Waals surface area contributed by atoms with Crippen LogP contribution in [0.1, 0.15) is 39.3 Å². The maximum atomic E-state index is 11.7. The van der Waals surface area contributed by atoms with Crippen LogP contribution in [0.3, 0.4) is 0 Å². The van der Waals surface area contributed by atoms with E-state index in [1.807, 2.05) is 6.92 Å². The van der Waals surface area contributed by atoms with E-state index >= 15 is 0 Å². The third-order valence-electron chi connectivity index (χ3n) is 3.73. The molecule has 21 heavy (non-hydrogen) atoms. The van der Waals surface area contributed by atoms with Crippen LogP contribution < -0.4 is 0 Å². The zero-order valence-corrected chi connectivity index (χ0v) is 13.6. The summed E-state index contributed by atoms with van der Waals surface area (Å²) in [5.41, 5.74) is 2.47. The van der Waals surface area contributed by atoms with Crippen LogP contribution in [0.5, 0.6) is 0 Å².